The molecule has 2 atom stereocenters. The number of piperidine rings is 1. The molecule has 0 unspecified atom stereocenters. The first-order valence-electron chi connectivity index (χ1n) is 8.18. The first-order chi connectivity index (χ1) is 9.65. The number of nitrogens with zero attached hydrogens (tertiary/aromatic N) is 1. The van der Waals surface area contributed by atoms with Crippen LogP contribution in [0, 0.1) is 23.7 Å². The molecule has 3 aliphatic rings. The van der Waals surface area contributed by atoms with Gasteiger partial charge in [0.25, 0.3) is 0 Å². The predicted octanol–water partition coefficient (Wildman–Crippen LogP) is 1.80. The fraction of sp³-hybridized carbons (Fsp3) is 0.875. The van der Waals surface area contributed by atoms with Crippen molar-refractivity contribution in [3.05, 3.63) is 0 Å². The smallest absolute Gasteiger partial charge is 0.225 e. The normalized spacial score (nSPS) is 30.8. The van der Waals surface area contributed by atoms with Crippen molar-refractivity contribution in [1.29, 1.82) is 0 Å². The third kappa shape index (κ3) is 2.99. The van der Waals surface area contributed by atoms with Gasteiger partial charge in [-0.1, -0.05) is 19.3 Å². The molecule has 4 heteroatoms. The van der Waals surface area contributed by atoms with Crippen LogP contribution in [0.4, 0.5) is 0 Å². The van der Waals surface area contributed by atoms with Crippen LogP contribution in [0.2, 0.25) is 0 Å². The number of nitrogens with one attached hydrogen (secondary N) is 1. The number of hydrogen-bond acceptors (Lipinski definition) is 2. The van der Waals surface area contributed by atoms with Crippen LogP contribution in [0.1, 0.15) is 45.4 Å². The zero-order valence-electron chi connectivity index (χ0n) is 12.4. The molecule has 2 aliphatic carbocycles. The SMILES string of the molecule is CC(=O)NCC1CCN(C(=O)[C@H]2C[C@@H]2C2CCC2)CC1. The lowest BCUT2D eigenvalue weighted by atomic mass is 9.81. The van der Waals surface area contributed by atoms with Crippen LogP contribution in [0.15, 0.2) is 0 Å². The highest BCUT2D eigenvalue weighted by Crippen LogP contribution is 2.52. The van der Waals surface area contributed by atoms with Crippen LogP contribution >= 0.6 is 0 Å². The molecule has 112 valence electrons. The first kappa shape index (κ1) is 13.9. The van der Waals surface area contributed by atoms with E-state index in [1.165, 1.54) is 19.3 Å². The highest BCUT2D eigenvalue weighted by atomic mass is 16.2. The Labute approximate surface area is 121 Å². The first-order valence-corrected chi connectivity index (χ1v) is 8.18. The Bertz CT molecular complexity index is 384. The van der Waals surface area contributed by atoms with Crippen molar-refractivity contribution in [2.75, 3.05) is 19.6 Å². The van der Waals surface area contributed by atoms with Gasteiger partial charge in [0.2, 0.25) is 11.8 Å². The number of rotatable bonds is 4. The van der Waals surface area contributed by atoms with Crippen molar-refractivity contribution in [3.63, 3.8) is 0 Å². The number of likely N-dealkylation sites (tertiary alicyclic amines) is 1. The number of amides is 2. The fourth-order valence-corrected chi connectivity index (χ4v) is 3.77. The van der Waals surface area contributed by atoms with E-state index in [0.29, 0.717) is 23.7 Å². The average molecular weight is 278 g/mol. The molecular formula is C16H26N2O2. The molecule has 0 aromatic heterocycles. The second-order valence-corrected chi connectivity index (χ2v) is 6.90. The van der Waals surface area contributed by atoms with Crippen molar-refractivity contribution >= 4 is 11.8 Å². The van der Waals surface area contributed by atoms with Gasteiger partial charge in [0.1, 0.15) is 0 Å². The third-order valence-electron chi connectivity index (χ3n) is 5.48. The van der Waals surface area contributed by atoms with Crippen LogP contribution in [-0.2, 0) is 9.59 Å². The van der Waals surface area contributed by atoms with Crippen molar-refractivity contribution in [2.45, 2.75) is 45.4 Å². The molecule has 0 aromatic carbocycles. The Kier molecular flexibility index (Phi) is 3.99. The van der Waals surface area contributed by atoms with Gasteiger partial charge in [-0.2, -0.15) is 0 Å². The lowest BCUT2D eigenvalue weighted by molar-refractivity contribution is -0.134. The molecule has 2 saturated carbocycles. The van der Waals surface area contributed by atoms with E-state index in [1.807, 2.05) is 0 Å². The minimum absolute atomic E-state index is 0.0461. The molecule has 1 N–H and O–H groups in total. The van der Waals surface area contributed by atoms with Crippen molar-refractivity contribution in [3.8, 4) is 0 Å². The van der Waals surface area contributed by atoms with Crippen molar-refractivity contribution in [2.24, 2.45) is 23.7 Å². The summed E-state index contributed by atoms with van der Waals surface area (Å²) in [6.45, 7) is 4.10. The molecule has 0 radical (unpaired) electrons. The number of carbonyl (C=O) groups is 2. The molecule has 20 heavy (non-hydrogen) atoms. The minimum atomic E-state index is 0.0461. The Morgan fingerprint density at radius 2 is 1.85 bits per heavy atom. The Morgan fingerprint density at radius 1 is 1.15 bits per heavy atom. The molecule has 0 aromatic rings. The zero-order chi connectivity index (χ0) is 14.1. The van der Waals surface area contributed by atoms with E-state index >= 15 is 0 Å². The second-order valence-electron chi connectivity index (χ2n) is 6.90. The summed E-state index contributed by atoms with van der Waals surface area (Å²) in [5, 5.41) is 2.89. The zero-order valence-corrected chi connectivity index (χ0v) is 12.4. The lowest BCUT2D eigenvalue weighted by Crippen LogP contribution is -2.42. The van der Waals surface area contributed by atoms with Gasteiger partial charge in [0, 0.05) is 32.5 Å². The quantitative estimate of drug-likeness (QED) is 0.852. The van der Waals surface area contributed by atoms with Crippen molar-refractivity contribution in [1.82, 2.24) is 10.2 Å². The minimum Gasteiger partial charge on any atom is -0.356 e. The predicted molar refractivity (Wildman–Crippen MR) is 76.9 cm³/mol. The summed E-state index contributed by atoms with van der Waals surface area (Å²) < 4.78 is 0. The molecule has 1 aliphatic heterocycles. The summed E-state index contributed by atoms with van der Waals surface area (Å²) in [4.78, 5) is 25.4. The maximum Gasteiger partial charge on any atom is 0.225 e. The van der Waals surface area contributed by atoms with E-state index in [-0.39, 0.29) is 5.91 Å². The van der Waals surface area contributed by atoms with Crippen LogP contribution in [-0.4, -0.2) is 36.3 Å². The van der Waals surface area contributed by atoms with Crippen LogP contribution in [0.5, 0.6) is 0 Å². The summed E-state index contributed by atoms with van der Waals surface area (Å²) in [5.41, 5.74) is 0. The van der Waals surface area contributed by atoms with Crippen molar-refractivity contribution < 1.29 is 9.59 Å². The lowest BCUT2D eigenvalue weighted by Gasteiger charge is -2.33. The summed E-state index contributed by atoms with van der Waals surface area (Å²) in [6, 6.07) is 0. The standard InChI is InChI=1S/C16H26N2O2/c1-11(19)17-10-12-5-7-18(8-6-12)16(20)15-9-14(15)13-3-2-4-13/h12-15H,2-10H2,1H3,(H,17,19)/t14-,15+/m1/s1. The van der Waals surface area contributed by atoms with Crippen LogP contribution in [0.3, 0.4) is 0 Å². The number of hydrogen-bond donors (Lipinski definition) is 1. The van der Waals surface area contributed by atoms with Crippen LogP contribution in [0.25, 0.3) is 0 Å². The topological polar surface area (TPSA) is 49.4 Å². The Balaban J connectivity index is 1.39. The van der Waals surface area contributed by atoms with Gasteiger partial charge >= 0.3 is 0 Å². The van der Waals surface area contributed by atoms with Gasteiger partial charge in [0.15, 0.2) is 0 Å². The van der Waals surface area contributed by atoms with E-state index in [4.69, 9.17) is 0 Å². The van der Waals surface area contributed by atoms with Gasteiger partial charge in [-0.15, -0.1) is 0 Å². The third-order valence-corrected chi connectivity index (χ3v) is 5.48. The molecule has 3 rings (SSSR count). The van der Waals surface area contributed by atoms with Gasteiger partial charge in [-0.25, -0.2) is 0 Å². The maximum atomic E-state index is 12.4. The van der Waals surface area contributed by atoms with Gasteiger partial charge in [-0.05, 0) is 37.0 Å². The maximum absolute atomic E-state index is 12.4. The summed E-state index contributed by atoms with van der Waals surface area (Å²) >= 11 is 0. The van der Waals surface area contributed by atoms with Gasteiger partial charge in [-0.3, -0.25) is 9.59 Å². The van der Waals surface area contributed by atoms with Gasteiger partial charge < -0.3 is 10.2 Å². The molecule has 0 spiro atoms. The van der Waals surface area contributed by atoms with E-state index in [9.17, 15) is 9.59 Å². The molecule has 4 nitrogen and oxygen atoms in total. The average Bonchev–Trinajstić information content (AvgIpc) is 3.14. The van der Waals surface area contributed by atoms with E-state index in [2.05, 4.69) is 10.2 Å². The molecule has 3 fully saturated rings. The largest absolute Gasteiger partial charge is 0.356 e. The monoisotopic (exact) mass is 278 g/mol. The highest BCUT2D eigenvalue weighted by molar-refractivity contribution is 5.81. The molecular weight excluding hydrogens is 252 g/mol. The molecule has 1 heterocycles. The van der Waals surface area contributed by atoms with Gasteiger partial charge in [0.05, 0.1) is 0 Å². The Hall–Kier alpha value is -1.06. The Morgan fingerprint density at radius 3 is 2.40 bits per heavy atom. The summed E-state index contributed by atoms with van der Waals surface area (Å²) in [6.07, 6.45) is 7.30. The van der Waals surface area contributed by atoms with E-state index < -0.39 is 0 Å². The fourth-order valence-electron chi connectivity index (χ4n) is 3.77. The van der Waals surface area contributed by atoms with Crippen LogP contribution < -0.4 is 5.32 Å². The van der Waals surface area contributed by atoms with E-state index in [0.717, 1.165) is 44.8 Å². The summed E-state index contributed by atoms with van der Waals surface area (Å²) in [7, 11) is 0. The second kappa shape index (κ2) is 5.74. The van der Waals surface area contributed by atoms with E-state index in [1.54, 1.807) is 6.92 Å². The molecule has 0 bridgehead atoms. The molecule has 2 amide bonds. The summed E-state index contributed by atoms with van der Waals surface area (Å²) in [5.74, 6) is 2.94. The number of carbonyl (C=O) groups excluding carboxylic acids is 2. The highest BCUT2D eigenvalue weighted by Gasteiger charge is 2.50. The molecule has 1 saturated heterocycles.